The van der Waals surface area contributed by atoms with Crippen LogP contribution in [0.4, 0.5) is 0 Å². The van der Waals surface area contributed by atoms with Gasteiger partial charge in [0.05, 0.1) is 5.88 Å². The molecule has 0 spiro atoms. The summed E-state index contributed by atoms with van der Waals surface area (Å²) in [6.45, 7) is 0. The molecule has 0 aromatic rings. The number of hydrogen-bond donors (Lipinski definition) is 1. The smallest absolute Gasteiger partial charge is 0.241 e. The van der Waals surface area contributed by atoms with Crippen LogP contribution < -0.4 is 5.73 Å². The van der Waals surface area contributed by atoms with Crippen LogP contribution in [0.5, 0.6) is 0 Å². The summed E-state index contributed by atoms with van der Waals surface area (Å²) in [6.07, 6.45) is 0.662. The molecule has 0 saturated carbocycles. The van der Waals surface area contributed by atoms with E-state index in [1.165, 1.54) is 16.7 Å². The molecule has 2 amide bonds. The minimum atomic E-state index is -0.419. The highest BCUT2D eigenvalue weighted by Crippen LogP contribution is 2.17. The second-order valence-electron chi connectivity index (χ2n) is 2.04. The van der Waals surface area contributed by atoms with Crippen molar-refractivity contribution in [2.24, 2.45) is 5.73 Å². The van der Waals surface area contributed by atoms with Gasteiger partial charge < -0.3 is 10.6 Å². The van der Waals surface area contributed by atoms with Gasteiger partial charge in [0, 0.05) is 5.75 Å². The molecule has 5 heteroatoms. The molecule has 10 heavy (non-hydrogen) atoms. The van der Waals surface area contributed by atoms with Crippen molar-refractivity contribution in [1.82, 2.24) is 4.90 Å². The van der Waals surface area contributed by atoms with E-state index >= 15 is 0 Å². The standard InChI is InChI=1S/C5H8N2O2S/c6-5(9)4-1-10-3-7(4)2-8/h2,4H,1,3H2,(H2,6,9). The first-order valence-corrected chi connectivity index (χ1v) is 3.99. The third-order valence-electron chi connectivity index (χ3n) is 1.38. The monoisotopic (exact) mass is 160 g/mol. The topological polar surface area (TPSA) is 63.4 Å². The molecule has 1 rings (SSSR count). The van der Waals surface area contributed by atoms with Gasteiger partial charge in [0.25, 0.3) is 0 Å². The summed E-state index contributed by atoms with van der Waals surface area (Å²) in [7, 11) is 0. The lowest BCUT2D eigenvalue weighted by Crippen LogP contribution is -2.40. The van der Waals surface area contributed by atoms with E-state index in [-0.39, 0.29) is 6.04 Å². The Hall–Kier alpha value is -0.710. The van der Waals surface area contributed by atoms with Gasteiger partial charge in [-0.3, -0.25) is 9.59 Å². The summed E-state index contributed by atoms with van der Waals surface area (Å²) in [5, 5.41) is 0. The lowest BCUT2D eigenvalue weighted by atomic mass is 10.3. The van der Waals surface area contributed by atoms with Gasteiger partial charge in [0.15, 0.2) is 0 Å². The van der Waals surface area contributed by atoms with E-state index < -0.39 is 5.91 Å². The minimum Gasteiger partial charge on any atom is -0.368 e. The highest BCUT2D eigenvalue weighted by Gasteiger charge is 2.27. The SMILES string of the molecule is NC(=O)C1CSCN1C=O. The van der Waals surface area contributed by atoms with Crippen LogP contribution in [0, 0.1) is 0 Å². The normalized spacial score (nSPS) is 24.8. The quantitative estimate of drug-likeness (QED) is 0.527. The maximum Gasteiger partial charge on any atom is 0.241 e. The Kier molecular flexibility index (Phi) is 2.16. The van der Waals surface area contributed by atoms with Crippen molar-refractivity contribution in [3.63, 3.8) is 0 Å². The van der Waals surface area contributed by atoms with Crippen molar-refractivity contribution in [3.05, 3.63) is 0 Å². The number of nitrogens with zero attached hydrogens (tertiary/aromatic N) is 1. The third-order valence-corrected chi connectivity index (χ3v) is 2.41. The van der Waals surface area contributed by atoms with Crippen LogP contribution >= 0.6 is 11.8 Å². The van der Waals surface area contributed by atoms with E-state index in [0.29, 0.717) is 18.0 Å². The first-order valence-electron chi connectivity index (χ1n) is 2.84. The summed E-state index contributed by atoms with van der Waals surface area (Å²) in [6, 6.07) is -0.387. The van der Waals surface area contributed by atoms with Gasteiger partial charge in [0.2, 0.25) is 12.3 Å². The van der Waals surface area contributed by atoms with Gasteiger partial charge in [0.1, 0.15) is 6.04 Å². The Balaban J connectivity index is 2.58. The van der Waals surface area contributed by atoms with E-state index in [9.17, 15) is 9.59 Å². The zero-order chi connectivity index (χ0) is 7.56. The number of nitrogens with two attached hydrogens (primary N) is 1. The van der Waals surface area contributed by atoms with Crippen LogP contribution in [0.25, 0.3) is 0 Å². The molecule has 1 aliphatic heterocycles. The summed E-state index contributed by atoms with van der Waals surface area (Å²) >= 11 is 1.54. The molecule has 4 nitrogen and oxygen atoms in total. The van der Waals surface area contributed by atoms with Crippen molar-refractivity contribution in [1.29, 1.82) is 0 Å². The summed E-state index contributed by atoms with van der Waals surface area (Å²) < 4.78 is 0. The third kappa shape index (κ3) is 1.23. The van der Waals surface area contributed by atoms with Crippen molar-refractivity contribution in [3.8, 4) is 0 Å². The highest BCUT2D eigenvalue weighted by atomic mass is 32.2. The molecule has 2 N–H and O–H groups in total. The molecular formula is C5H8N2O2S. The molecule has 0 aromatic heterocycles. The summed E-state index contributed by atoms with van der Waals surface area (Å²) in [5.74, 6) is 0.794. The number of hydrogen-bond acceptors (Lipinski definition) is 3. The van der Waals surface area contributed by atoms with Gasteiger partial charge >= 0.3 is 0 Å². The van der Waals surface area contributed by atoms with Crippen LogP contribution in [0.2, 0.25) is 0 Å². The highest BCUT2D eigenvalue weighted by molar-refractivity contribution is 7.99. The molecule has 1 heterocycles. The molecule has 0 aliphatic carbocycles. The number of primary amides is 1. The van der Waals surface area contributed by atoms with Crippen molar-refractivity contribution in [2.75, 3.05) is 11.6 Å². The molecule has 1 aliphatic rings. The molecule has 56 valence electrons. The Labute approximate surface area is 62.7 Å². The molecule has 1 atom stereocenters. The predicted molar refractivity (Wildman–Crippen MR) is 38.2 cm³/mol. The number of rotatable bonds is 2. The Morgan fingerprint density at radius 3 is 2.90 bits per heavy atom. The second-order valence-corrected chi connectivity index (χ2v) is 3.04. The van der Waals surface area contributed by atoms with Crippen LogP contribution in [-0.4, -0.2) is 34.9 Å². The van der Waals surface area contributed by atoms with Crippen molar-refractivity contribution >= 4 is 24.1 Å². The van der Waals surface area contributed by atoms with E-state index in [1.807, 2.05) is 0 Å². The summed E-state index contributed by atoms with van der Waals surface area (Å²) in [5.41, 5.74) is 5.01. The fourth-order valence-electron chi connectivity index (χ4n) is 0.805. The molecule has 0 radical (unpaired) electrons. The minimum absolute atomic E-state index is 0.387. The van der Waals surface area contributed by atoms with E-state index in [1.54, 1.807) is 0 Å². The van der Waals surface area contributed by atoms with Crippen molar-refractivity contribution < 1.29 is 9.59 Å². The number of carbonyl (C=O) groups excluding carboxylic acids is 2. The number of carbonyl (C=O) groups is 2. The zero-order valence-corrected chi connectivity index (χ0v) is 6.13. The molecule has 1 unspecified atom stereocenters. The van der Waals surface area contributed by atoms with Crippen molar-refractivity contribution in [2.45, 2.75) is 6.04 Å². The maximum absolute atomic E-state index is 10.6. The molecule has 0 aromatic carbocycles. The number of amides is 2. The first kappa shape index (κ1) is 7.40. The van der Waals surface area contributed by atoms with Crippen LogP contribution in [0.3, 0.4) is 0 Å². The average molecular weight is 160 g/mol. The predicted octanol–water partition coefficient (Wildman–Crippen LogP) is -0.997. The average Bonchev–Trinajstić information content (AvgIpc) is 2.33. The van der Waals surface area contributed by atoms with Gasteiger partial charge in [-0.25, -0.2) is 0 Å². The van der Waals surface area contributed by atoms with E-state index in [4.69, 9.17) is 5.73 Å². The molecule has 1 saturated heterocycles. The molecular weight excluding hydrogens is 152 g/mol. The van der Waals surface area contributed by atoms with Gasteiger partial charge in [-0.05, 0) is 0 Å². The first-order chi connectivity index (χ1) is 4.75. The molecule has 1 fully saturated rings. The fraction of sp³-hybridized carbons (Fsp3) is 0.600. The Morgan fingerprint density at radius 1 is 1.80 bits per heavy atom. The van der Waals surface area contributed by atoms with Gasteiger partial charge in [-0.1, -0.05) is 0 Å². The largest absolute Gasteiger partial charge is 0.368 e. The molecule has 0 bridgehead atoms. The second kappa shape index (κ2) is 2.92. The zero-order valence-electron chi connectivity index (χ0n) is 5.32. The Bertz CT molecular complexity index is 162. The van der Waals surface area contributed by atoms with Crippen LogP contribution in [-0.2, 0) is 9.59 Å². The van der Waals surface area contributed by atoms with Gasteiger partial charge in [-0.2, -0.15) is 0 Å². The fourth-order valence-corrected chi connectivity index (χ4v) is 1.94. The Morgan fingerprint density at radius 2 is 2.50 bits per heavy atom. The van der Waals surface area contributed by atoms with Crippen LogP contribution in [0.15, 0.2) is 0 Å². The lowest BCUT2D eigenvalue weighted by Gasteiger charge is -2.13. The van der Waals surface area contributed by atoms with E-state index in [0.717, 1.165) is 0 Å². The van der Waals surface area contributed by atoms with E-state index in [2.05, 4.69) is 0 Å². The lowest BCUT2D eigenvalue weighted by molar-refractivity contribution is -0.128. The van der Waals surface area contributed by atoms with Crippen LogP contribution in [0.1, 0.15) is 0 Å². The maximum atomic E-state index is 10.6. The summed E-state index contributed by atoms with van der Waals surface area (Å²) in [4.78, 5) is 22.2. The van der Waals surface area contributed by atoms with Gasteiger partial charge in [-0.15, -0.1) is 11.8 Å². The number of thioether (sulfide) groups is 1.